The predicted molar refractivity (Wildman–Crippen MR) is 153 cm³/mol. The Bertz CT molecular complexity index is 1470. The van der Waals surface area contributed by atoms with Crippen LogP contribution in [-0.4, -0.2) is 107 Å². The first-order valence-electron chi connectivity index (χ1n) is 14.2. The minimum absolute atomic E-state index is 0.122. The van der Waals surface area contributed by atoms with Crippen LogP contribution >= 0.6 is 0 Å². The maximum absolute atomic E-state index is 14.0. The average Bonchev–Trinajstić information content (AvgIpc) is 2.97. The Morgan fingerprint density at radius 1 is 1.00 bits per heavy atom. The molecule has 1 aromatic heterocycles. The van der Waals surface area contributed by atoms with E-state index in [4.69, 9.17) is 24.7 Å². The number of ether oxygens (including phenoxy) is 4. The number of aromatic nitrogens is 1. The second kappa shape index (κ2) is 13.2. The van der Waals surface area contributed by atoms with Crippen molar-refractivity contribution in [2.24, 2.45) is 5.73 Å². The Morgan fingerprint density at radius 2 is 1.61 bits per heavy atom. The number of amides is 3. The maximum atomic E-state index is 14.0. The lowest BCUT2D eigenvalue weighted by atomic mass is 9.80. The molecule has 4 rings (SSSR count). The molecule has 2 aromatic rings. The van der Waals surface area contributed by atoms with Crippen molar-refractivity contribution in [1.29, 1.82) is 0 Å². The van der Waals surface area contributed by atoms with Gasteiger partial charge in [0.2, 0.25) is 11.5 Å². The summed E-state index contributed by atoms with van der Waals surface area (Å²) in [4.78, 5) is 70.9. The van der Waals surface area contributed by atoms with E-state index in [-0.39, 0.29) is 91.5 Å². The molecule has 2 heterocycles. The summed E-state index contributed by atoms with van der Waals surface area (Å²) >= 11 is 0. The van der Waals surface area contributed by atoms with Crippen LogP contribution in [0.15, 0.2) is 12.1 Å². The first kappa shape index (κ1) is 32.1. The molecule has 1 aromatic carbocycles. The molecule has 1 aliphatic heterocycles. The zero-order valence-corrected chi connectivity index (χ0v) is 24.8. The van der Waals surface area contributed by atoms with Gasteiger partial charge in [0.1, 0.15) is 11.3 Å². The number of methoxy groups -OCH3 is 2. The number of nitrogens with zero attached hydrogens (tertiary/aromatic N) is 3. The smallest absolute Gasteiger partial charge is 0.409 e. The van der Waals surface area contributed by atoms with Crippen LogP contribution in [0.2, 0.25) is 0 Å². The normalized spacial score (nSPS) is 16.4. The van der Waals surface area contributed by atoms with Crippen molar-refractivity contribution in [2.75, 3.05) is 47.0 Å². The molecule has 1 saturated carbocycles. The number of rotatable bonds is 12. The highest BCUT2D eigenvalue weighted by molar-refractivity contribution is 6.05. The van der Waals surface area contributed by atoms with Gasteiger partial charge in [0.05, 0.1) is 38.0 Å². The molecule has 1 aliphatic carbocycles. The van der Waals surface area contributed by atoms with Gasteiger partial charge in [-0.15, -0.1) is 0 Å². The number of benzene rings is 1. The first-order chi connectivity index (χ1) is 21.0. The van der Waals surface area contributed by atoms with Crippen LogP contribution < -0.4 is 19.9 Å². The first-order valence-corrected chi connectivity index (χ1v) is 14.2. The van der Waals surface area contributed by atoms with E-state index in [2.05, 4.69) is 4.98 Å². The van der Waals surface area contributed by atoms with Crippen molar-refractivity contribution in [1.82, 2.24) is 14.8 Å². The van der Waals surface area contributed by atoms with Crippen LogP contribution in [0.5, 0.6) is 17.2 Å². The lowest BCUT2D eigenvalue weighted by molar-refractivity contribution is -0.163. The summed E-state index contributed by atoms with van der Waals surface area (Å²) in [5.74, 6) is -4.96. The monoisotopic (exact) mass is 616 g/mol. The van der Waals surface area contributed by atoms with Gasteiger partial charge in [0, 0.05) is 44.1 Å². The van der Waals surface area contributed by atoms with Crippen LogP contribution in [0.3, 0.4) is 0 Å². The summed E-state index contributed by atoms with van der Waals surface area (Å²) in [7, 11) is 2.80. The fourth-order valence-electron chi connectivity index (χ4n) is 5.42. The average molecular weight is 617 g/mol. The molecule has 2 aliphatic rings. The van der Waals surface area contributed by atoms with E-state index in [1.807, 2.05) is 0 Å². The second-order valence-electron chi connectivity index (χ2n) is 10.5. The van der Waals surface area contributed by atoms with Crippen molar-refractivity contribution in [3.63, 3.8) is 0 Å². The number of carbonyl (C=O) groups excluding carboxylic acids is 3. The van der Waals surface area contributed by atoms with Gasteiger partial charge in [0.15, 0.2) is 11.5 Å². The molecule has 3 amide bonds. The van der Waals surface area contributed by atoms with Gasteiger partial charge in [-0.05, 0) is 38.7 Å². The quantitative estimate of drug-likeness (QED) is 0.313. The second-order valence-corrected chi connectivity index (χ2v) is 10.5. The zero-order chi connectivity index (χ0) is 32.2. The van der Waals surface area contributed by atoms with Crippen LogP contribution in [0.4, 0.5) is 4.79 Å². The van der Waals surface area contributed by atoms with Crippen molar-refractivity contribution in [3.05, 3.63) is 23.4 Å². The molecule has 4 N–H and O–H groups in total. The Kier molecular flexibility index (Phi) is 9.65. The highest BCUT2D eigenvalue weighted by Crippen LogP contribution is 2.45. The zero-order valence-electron chi connectivity index (χ0n) is 24.8. The van der Waals surface area contributed by atoms with Crippen LogP contribution in [-0.2, 0) is 19.1 Å². The molecule has 0 spiro atoms. The van der Waals surface area contributed by atoms with Gasteiger partial charge in [-0.3, -0.25) is 19.4 Å². The van der Waals surface area contributed by atoms with E-state index in [0.29, 0.717) is 6.42 Å². The molecule has 238 valence electrons. The Balaban J connectivity index is 1.88. The van der Waals surface area contributed by atoms with E-state index >= 15 is 0 Å². The number of nitrogens with two attached hydrogens (primary N) is 1. The molecular weight excluding hydrogens is 580 g/mol. The summed E-state index contributed by atoms with van der Waals surface area (Å²) in [5.41, 5.74) is 3.94. The van der Waals surface area contributed by atoms with E-state index < -0.39 is 47.8 Å². The Labute approximate surface area is 252 Å². The molecular formula is C29H36N4O11. The largest absolute Gasteiger partial charge is 0.493 e. The van der Waals surface area contributed by atoms with Gasteiger partial charge in [0.25, 0.3) is 5.91 Å². The summed E-state index contributed by atoms with van der Waals surface area (Å²) < 4.78 is 22.0. The van der Waals surface area contributed by atoms with E-state index in [1.165, 1.54) is 36.2 Å². The number of hydrogen-bond acceptors (Lipinski definition) is 10. The van der Waals surface area contributed by atoms with Crippen molar-refractivity contribution >= 4 is 40.7 Å². The number of piperazine rings is 1. The van der Waals surface area contributed by atoms with E-state index in [9.17, 15) is 34.2 Å². The van der Waals surface area contributed by atoms with Gasteiger partial charge < -0.3 is 44.7 Å². The fourth-order valence-corrected chi connectivity index (χ4v) is 5.42. The van der Waals surface area contributed by atoms with Crippen LogP contribution in [0, 0.1) is 0 Å². The lowest BCUT2D eigenvalue weighted by Crippen LogP contribution is -2.52. The summed E-state index contributed by atoms with van der Waals surface area (Å²) in [6, 6.07) is 2.96. The molecule has 1 atom stereocenters. The third-order valence-corrected chi connectivity index (χ3v) is 7.96. The number of fused-ring (bicyclic) bond motifs is 1. The molecule has 1 saturated heterocycles. The number of hydrogen-bond donors (Lipinski definition) is 3. The van der Waals surface area contributed by atoms with Gasteiger partial charge in [-0.2, -0.15) is 0 Å². The van der Waals surface area contributed by atoms with Gasteiger partial charge in [-0.1, -0.05) is 0 Å². The third kappa shape index (κ3) is 6.26. The Morgan fingerprint density at radius 3 is 2.11 bits per heavy atom. The number of carboxylic acid groups (broad SMARTS) is 2. The summed E-state index contributed by atoms with van der Waals surface area (Å²) in [6.07, 6.45) is -0.301. The molecule has 0 bridgehead atoms. The number of carboxylic acids is 2. The molecule has 1 unspecified atom stereocenters. The number of aliphatic carboxylic acids is 2. The molecule has 15 nitrogen and oxygen atoms in total. The SMILES string of the molecule is CCOC(=O)N1CCN(C(=O)C(CCC(=O)O)c2nc3cc(OC)c(OC)cc3c(OC3(C(=O)O)CCC3)c2C(N)=O)CC1. The fraction of sp³-hybridized carbons (Fsp3) is 0.517. The summed E-state index contributed by atoms with van der Waals surface area (Å²) in [5, 5.41) is 19.8. The van der Waals surface area contributed by atoms with Gasteiger partial charge in [-0.25, -0.2) is 9.59 Å². The van der Waals surface area contributed by atoms with Crippen LogP contribution in [0.25, 0.3) is 10.9 Å². The minimum Gasteiger partial charge on any atom is -0.493 e. The highest BCUT2D eigenvalue weighted by atomic mass is 16.6. The van der Waals surface area contributed by atoms with E-state index in [1.54, 1.807) is 6.92 Å². The topological polar surface area (TPSA) is 208 Å². The highest BCUT2D eigenvalue weighted by Gasteiger charge is 2.48. The minimum atomic E-state index is -1.65. The van der Waals surface area contributed by atoms with Gasteiger partial charge >= 0.3 is 18.0 Å². The predicted octanol–water partition coefficient (Wildman–Crippen LogP) is 1.99. The Hall–Kier alpha value is -4.82. The third-order valence-electron chi connectivity index (χ3n) is 7.96. The molecule has 44 heavy (non-hydrogen) atoms. The molecule has 2 fully saturated rings. The number of carbonyl (C=O) groups is 5. The standard InChI is InChI=1S/C29H36N4O11/c1-4-43-28(40)33-12-10-32(11-13-33)26(37)16(6-7-21(34)35)23-22(25(30)36)24(44-29(27(38)39)8-5-9-29)17-14-19(41-2)20(42-3)15-18(17)31-23/h14-16H,4-13H2,1-3H3,(H2,30,36)(H,34,35)(H,38,39). The number of pyridine rings is 1. The maximum Gasteiger partial charge on any atom is 0.409 e. The van der Waals surface area contributed by atoms with Crippen molar-refractivity contribution < 1.29 is 53.1 Å². The number of primary amides is 1. The molecule has 0 radical (unpaired) electrons. The lowest BCUT2D eigenvalue weighted by Gasteiger charge is -2.39. The van der Waals surface area contributed by atoms with Crippen molar-refractivity contribution in [2.45, 2.75) is 50.5 Å². The molecule has 15 heteroatoms. The summed E-state index contributed by atoms with van der Waals surface area (Å²) in [6.45, 7) is 2.48. The van der Waals surface area contributed by atoms with Crippen molar-refractivity contribution in [3.8, 4) is 17.2 Å². The van der Waals surface area contributed by atoms with Crippen LogP contribution in [0.1, 0.15) is 61.0 Å². The van der Waals surface area contributed by atoms with E-state index in [0.717, 1.165) is 0 Å².